The fourth-order valence-electron chi connectivity index (χ4n) is 2.53. The van der Waals surface area contributed by atoms with Crippen molar-refractivity contribution < 1.29 is 9.94 Å². The maximum absolute atomic E-state index is 10.1. The summed E-state index contributed by atoms with van der Waals surface area (Å²) < 4.78 is 1.17. The molecule has 0 fully saturated rings. The van der Waals surface area contributed by atoms with Crippen molar-refractivity contribution in [2.24, 2.45) is 0 Å². The van der Waals surface area contributed by atoms with Crippen molar-refractivity contribution >= 4 is 28.5 Å². The second kappa shape index (κ2) is 5.33. The Bertz CT molecular complexity index is 811. The molecule has 0 saturated carbocycles. The maximum Gasteiger partial charge on any atom is 0.326 e. The van der Waals surface area contributed by atoms with E-state index in [9.17, 15) is 5.21 Å². The Morgan fingerprint density at radius 3 is 2.81 bits per heavy atom. The van der Waals surface area contributed by atoms with Crippen LogP contribution in [0.25, 0.3) is 22.2 Å². The first-order chi connectivity index (χ1) is 10.1. The van der Waals surface area contributed by atoms with Gasteiger partial charge in [-0.3, -0.25) is 0 Å². The van der Waals surface area contributed by atoms with Gasteiger partial charge in [0, 0.05) is 28.6 Å². The van der Waals surface area contributed by atoms with Crippen LogP contribution < -0.4 is 10.5 Å². The SMILES string of the molecule is CCSc1ccc(N)c(-c2cc(C)[n+](O)c3[nH]ccc23)c1. The number of aryl methyl sites for hydroxylation is 1. The number of H-pyrrole nitrogens is 1. The van der Waals surface area contributed by atoms with E-state index in [-0.39, 0.29) is 0 Å². The predicted molar refractivity (Wildman–Crippen MR) is 86.7 cm³/mol. The monoisotopic (exact) mass is 300 g/mol. The van der Waals surface area contributed by atoms with E-state index in [1.807, 2.05) is 37.4 Å². The van der Waals surface area contributed by atoms with Gasteiger partial charge >= 0.3 is 5.65 Å². The Morgan fingerprint density at radius 2 is 2.05 bits per heavy atom. The van der Waals surface area contributed by atoms with Crippen LogP contribution in [-0.2, 0) is 0 Å². The van der Waals surface area contributed by atoms with Crippen molar-refractivity contribution in [1.82, 2.24) is 4.98 Å². The van der Waals surface area contributed by atoms with Crippen molar-refractivity contribution in [3.63, 3.8) is 0 Å². The molecule has 0 aliphatic carbocycles. The minimum absolute atomic E-state index is 0.679. The fourth-order valence-corrected chi connectivity index (χ4v) is 3.22. The zero-order valence-electron chi connectivity index (χ0n) is 12.1. The maximum atomic E-state index is 10.1. The summed E-state index contributed by atoms with van der Waals surface area (Å²) in [6.07, 6.45) is 1.82. The molecule has 108 valence electrons. The van der Waals surface area contributed by atoms with E-state index in [1.54, 1.807) is 11.8 Å². The Kier molecular flexibility index (Phi) is 3.51. The molecule has 0 unspecified atom stereocenters. The molecule has 21 heavy (non-hydrogen) atoms. The van der Waals surface area contributed by atoms with Crippen LogP contribution in [0.3, 0.4) is 0 Å². The number of rotatable bonds is 3. The molecular weight excluding hydrogens is 282 g/mol. The van der Waals surface area contributed by atoms with Crippen LogP contribution in [0, 0.1) is 6.92 Å². The van der Waals surface area contributed by atoms with Crippen LogP contribution in [0.4, 0.5) is 5.69 Å². The number of hydrogen-bond donors (Lipinski definition) is 3. The van der Waals surface area contributed by atoms with E-state index in [1.165, 1.54) is 9.63 Å². The van der Waals surface area contributed by atoms with Gasteiger partial charge in [0.2, 0.25) is 0 Å². The Labute approximate surface area is 127 Å². The normalized spacial score (nSPS) is 11.1. The molecule has 3 rings (SSSR count). The molecule has 0 bridgehead atoms. The highest BCUT2D eigenvalue weighted by Gasteiger charge is 2.18. The van der Waals surface area contributed by atoms with Crippen molar-refractivity contribution in [2.75, 3.05) is 11.5 Å². The molecule has 0 atom stereocenters. The predicted octanol–water partition coefficient (Wildman–Crippen LogP) is 3.36. The van der Waals surface area contributed by atoms with Crippen molar-refractivity contribution in [2.45, 2.75) is 18.7 Å². The number of pyridine rings is 1. The lowest BCUT2D eigenvalue weighted by atomic mass is 10.0. The third kappa shape index (κ3) is 2.34. The summed E-state index contributed by atoms with van der Waals surface area (Å²) in [4.78, 5) is 4.26. The molecule has 0 aliphatic heterocycles. The Balaban J connectivity index is 2.27. The van der Waals surface area contributed by atoms with Gasteiger partial charge in [0.15, 0.2) is 0 Å². The van der Waals surface area contributed by atoms with Crippen LogP contribution in [0.5, 0.6) is 0 Å². The standard InChI is InChI=1S/C16H17N3OS/c1-3-21-11-4-5-15(17)14(9-11)13-8-10(2)19(20)16-12(13)6-7-18-16/h4-9,20H,3H2,1-2H3,(H2,17,18)/p+1. The summed E-state index contributed by atoms with van der Waals surface area (Å²) in [6.45, 7) is 4.00. The minimum Gasteiger partial charge on any atom is -0.398 e. The van der Waals surface area contributed by atoms with E-state index in [0.717, 1.165) is 33.6 Å². The molecule has 0 amide bonds. The molecule has 0 saturated heterocycles. The lowest BCUT2D eigenvalue weighted by molar-refractivity contribution is -0.889. The zero-order chi connectivity index (χ0) is 15.0. The first-order valence-electron chi connectivity index (χ1n) is 6.86. The van der Waals surface area contributed by atoms with Crippen molar-refractivity contribution in [3.8, 4) is 11.1 Å². The number of anilines is 1. The van der Waals surface area contributed by atoms with Crippen LogP contribution in [-0.4, -0.2) is 15.9 Å². The van der Waals surface area contributed by atoms with Crippen molar-refractivity contribution in [1.29, 1.82) is 0 Å². The summed E-state index contributed by atoms with van der Waals surface area (Å²) in [5.41, 5.74) is 10.4. The second-order valence-corrected chi connectivity index (χ2v) is 6.27. The quantitative estimate of drug-likeness (QED) is 0.301. The number of aromatic nitrogens is 2. The summed E-state index contributed by atoms with van der Waals surface area (Å²) >= 11 is 1.79. The van der Waals surface area contributed by atoms with Gasteiger partial charge in [-0.25, -0.2) is 4.98 Å². The lowest BCUT2D eigenvalue weighted by Gasteiger charge is -2.10. The van der Waals surface area contributed by atoms with E-state index >= 15 is 0 Å². The summed E-state index contributed by atoms with van der Waals surface area (Å²) in [5, 5.41) is 11.0. The number of fused-ring (bicyclic) bond motifs is 1. The molecule has 5 heteroatoms. The van der Waals surface area contributed by atoms with Gasteiger partial charge in [0.25, 0.3) is 0 Å². The third-order valence-corrected chi connectivity index (χ3v) is 4.42. The highest BCUT2D eigenvalue weighted by atomic mass is 32.2. The molecular formula is C16H18N3OS+. The van der Waals surface area contributed by atoms with E-state index in [0.29, 0.717) is 5.65 Å². The smallest absolute Gasteiger partial charge is 0.326 e. The first kappa shape index (κ1) is 13.8. The highest BCUT2D eigenvalue weighted by Crippen LogP contribution is 2.34. The van der Waals surface area contributed by atoms with Crippen molar-refractivity contribution in [3.05, 3.63) is 42.2 Å². The molecule has 2 aromatic heterocycles. The number of hydrogen-bond acceptors (Lipinski definition) is 3. The number of aromatic amines is 1. The molecule has 4 nitrogen and oxygen atoms in total. The number of benzene rings is 1. The zero-order valence-corrected chi connectivity index (χ0v) is 12.9. The van der Waals surface area contributed by atoms with Gasteiger partial charge in [0.1, 0.15) is 5.69 Å². The molecule has 0 aliphatic rings. The lowest BCUT2D eigenvalue weighted by Crippen LogP contribution is -2.34. The Hall–Kier alpha value is -2.14. The topological polar surface area (TPSA) is 65.9 Å². The van der Waals surface area contributed by atoms with Gasteiger partial charge < -0.3 is 10.9 Å². The summed E-state index contributed by atoms with van der Waals surface area (Å²) in [7, 11) is 0. The van der Waals surface area contributed by atoms with Gasteiger partial charge in [-0.1, -0.05) is 6.92 Å². The average Bonchev–Trinajstić information content (AvgIpc) is 2.95. The second-order valence-electron chi connectivity index (χ2n) is 4.93. The van der Waals surface area contributed by atoms with Gasteiger partial charge in [-0.15, -0.1) is 11.8 Å². The van der Waals surface area contributed by atoms with Gasteiger partial charge in [0.05, 0.1) is 11.6 Å². The Morgan fingerprint density at radius 1 is 1.24 bits per heavy atom. The van der Waals surface area contributed by atoms with Crippen LogP contribution in [0.2, 0.25) is 0 Å². The molecule has 0 radical (unpaired) electrons. The van der Waals surface area contributed by atoms with Crippen LogP contribution in [0.1, 0.15) is 12.6 Å². The minimum atomic E-state index is 0.679. The number of nitrogen functional groups attached to an aromatic ring is 1. The highest BCUT2D eigenvalue weighted by molar-refractivity contribution is 7.99. The van der Waals surface area contributed by atoms with E-state index in [2.05, 4.69) is 18.0 Å². The summed E-state index contributed by atoms with van der Waals surface area (Å²) in [5.74, 6) is 1.02. The molecule has 3 aromatic rings. The number of nitrogens with zero attached hydrogens (tertiary/aromatic N) is 1. The molecule has 1 aromatic carbocycles. The number of nitrogens with two attached hydrogens (primary N) is 1. The first-order valence-corrected chi connectivity index (χ1v) is 7.85. The van der Waals surface area contributed by atoms with Crippen LogP contribution >= 0.6 is 11.8 Å². The van der Waals surface area contributed by atoms with Crippen LogP contribution in [0.15, 0.2) is 41.4 Å². The molecule has 0 spiro atoms. The number of nitrogens with one attached hydrogen (secondary N) is 1. The van der Waals surface area contributed by atoms with E-state index in [4.69, 9.17) is 5.73 Å². The van der Waals surface area contributed by atoms with E-state index < -0.39 is 0 Å². The fraction of sp³-hybridized carbons (Fsp3) is 0.188. The molecule has 4 N–H and O–H groups in total. The third-order valence-electron chi connectivity index (χ3n) is 3.54. The molecule has 2 heterocycles. The number of thioether (sulfide) groups is 1. The average molecular weight is 300 g/mol. The summed E-state index contributed by atoms with van der Waals surface area (Å²) in [6, 6.07) is 10.0. The van der Waals surface area contributed by atoms with Gasteiger partial charge in [-0.05, 0) is 40.8 Å². The van der Waals surface area contributed by atoms with Gasteiger partial charge in [-0.2, -0.15) is 0 Å². The largest absolute Gasteiger partial charge is 0.398 e.